The summed E-state index contributed by atoms with van der Waals surface area (Å²) in [5, 5.41) is 0. The zero-order valence-corrected chi connectivity index (χ0v) is 9.63. The van der Waals surface area contributed by atoms with E-state index in [0.717, 1.165) is 25.3 Å². The van der Waals surface area contributed by atoms with E-state index in [1.54, 1.807) is 0 Å². The summed E-state index contributed by atoms with van der Waals surface area (Å²) in [5.74, 6) is -6.69. The maximum atomic E-state index is 13.6. The van der Waals surface area contributed by atoms with Crippen LogP contribution in [0.1, 0.15) is 5.56 Å². The molecule has 0 atom stereocenters. The van der Waals surface area contributed by atoms with E-state index in [4.69, 9.17) is 0 Å². The molecule has 0 saturated heterocycles. The third-order valence-electron chi connectivity index (χ3n) is 2.06. The highest BCUT2D eigenvalue weighted by molar-refractivity contribution is 5.80. The van der Waals surface area contributed by atoms with Crippen molar-refractivity contribution in [2.24, 2.45) is 0 Å². The molecule has 106 valence electrons. The Morgan fingerprint density at radius 1 is 1.16 bits per heavy atom. The summed E-state index contributed by atoms with van der Waals surface area (Å²) in [7, 11) is 0.745. The van der Waals surface area contributed by atoms with Crippen molar-refractivity contribution < 1.29 is 36.2 Å². The van der Waals surface area contributed by atoms with Crippen molar-refractivity contribution in [3.8, 4) is 5.75 Å². The minimum absolute atomic E-state index is 0.727. The van der Waals surface area contributed by atoms with Gasteiger partial charge in [0, 0.05) is 0 Å². The average molecular weight is 284 g/mol. The van der Waals surface area contributed by atoms with Crippen LogP contribution in [-0.4, -0.2) is 25.9 Å². The number of carbonyl (C=O) groups excluding carboxylic acids is 1. The van der Waals surface area contributed by atoms with Crippen molar-refractivity contribution >= 4 is 5.97 Å². The van der Waals surface area contributed by atoms with Crippen molar-refractivity contribution in [3.63, 3.8) is 0 Å². The second-order valence-corrected chi connectivity index (χ2v) is 3.47. The molecule has 0 fully saturated rings. The van der Waals surface area contributed by atoms with Gasteiger partial charge in [0.1, 0.15) is 5.75 Å². The third kappa shape index (κ3) is 3.80. The molecule has 3 nitrogen and oxygen atoms in total. The summed E-state index contributed by atoms with van der Waals surface area (Å²) >= 11 is 0. The Kier molecular flexibility index (Phi) is 4.33. The lowest BCUT2D eigenvalue weighted by Gasteiger charge is -2.18. The first-order valence-electron chi connectivity index (χ1n) is 4.94. The summed E-state index contributed by atoms with van der Waals surface area (Å²) in [6, 6.07) is 4.07. The highest BCUT2D eigenvalue weighted by Gasteiger charge is 2.45. The zero-order chi connectivity index (χ0) is 14.7. The van der Waals surface area contributed by atoms with Gasteiger partial charge in [-0.05, 0) is 12.1 Å². The Labute approximate surface area is 104 Å². The molecular formula is C11H9F5O3. The van der Waals surface area contributed by atoms with Crippen molar-refractivity contribution in [1.29, 1.82) is 0 Å². The number of para-hydroxylation sites is 1. The van der Waals surface area contributed by atoms with Crippen LogP contribution in [-0.2, 0) is 15.5 Å². The van der Waals surface area contributed by atoms with E-state index < -0.39 is 36.0 Å². The predicted octanol–water partition coefficient (Wildman–Crippen LogP) is 2.89. The number of rotatable bonds is 4. The maximum absolute atomic E-state index is 13.6. The van der Waals surface area contributed by atoms with Gasteiger partial charge in [0.25, 0.3) is 0 Å². The Balaban J connectivity index is 3.05. The number of alkyl halides is 5. The van der Waals surface area contributed by atoms with Gasteiger partial charge in [0.15, 0.2) is 6.61 Å². The summed E-state index contributed by atoms with van der Waals surface area (Å²) < 4.78 is 71.3. The molecule has 0 heterocycles. The summed E-state index contributed by atoms with van der Waals surface area (Å²) in [6.45, 7) is -1.73. The number of hydrogen-bond acceptors (Lipinski definition) is 3. The Morgan fingerprint density at radius 3 is 2.26 bits per heavy atom. The van der Waals surface area contributed by atoms with Gasteiger partial charge in [-0.3, -0.25) is 0 Å². The monoisotopic (exact) mass is 284 g/mol. The van der Waals surface area contributed by atoms with Gasteiger partial charge < -0.3 is 9.47 Å². The van der Waals surface area contributed by atoms with Gasteiger partial charge in [-0.15, -0.1) is 0 Å². The van der Waals surface area contributed by atoms with E-state index in [9.17, 15) is 26.7 Å². The molecule has 0 aliphatic rings. The molecule has 1 aromatic rings. The van der Waals surface area contributed by atoms with Gasteiger partial charge in [0.05, 0.1) is 12.7 Å². The molecule has 1 aromatic carbocycles. The number of ether oxygens (including phenoxy) is 2. The van der Waals surface area contributed by atoms with E-state index in [1.807, 2.05) is 0 Å². The van der Waals surface area contributed by atoms with Crippen LogP contribution in [0.15, 0.2) is 24.3 Å². The largest absolute Gasteiger partial charge is 0.484 e. The second kappa shape index (κ2) is 5.41. The van der Waals surface area contributed by atoms with Gasteiger partial charge in [0.2, 0.25) is 0 Å². The van der Waals surface area contributed by atoms with Gasteiger partial charge in [-0.2, -0.15) is 22.0 Å². The van der Waals surface area contributed by atoms with E-state index in [0.29, 0.717) is 0 Å². The van der Waals surface area contributed by atoms with Crippen LogP contribution in [0.5, 0.6) is 5.75 Å². The van der Waals surface area contributed by atoms with Gasteiger partial charge >= 0.3 is 18.1 Å². The fraction of sp³-hybridized carbons (Fsp3) is 0.364. The molecule has 8 heteroatoms. The van der Waals surface area contributed by atoms with Crippen LogP contribution in [0, 0.1) is 0 Å². The highest BCUT2D eigenvalue weighted by Crippen LogP contribution is 2.36. The highest BCUT2D eigenvalue weighted by atomic mass is 19.4. The number of hydrogen-bond donors (Lipinski definition) is 0. The standard InChI is InChI=1S/C11H9F5O3/c1-18-9(17)11(15,16)7-4-2-3-5-8(7)19-6-10(12,13)14/h2-5H,6H2,1H3. The topological polar surface area (TPSA) is 35.5 Å². The summed E-state index contributed by atoms with van der Waals surface area (Å²) in [5.41, 5.74) is -0.980. The first-order chi connectivity index (χ1) is 8.68. The lowest BCUT2D eigenvalue weighted by atomic mass is 10.1. The fourth-order valence-electron chi connectivity index (χ4n) is 1.25. The van der Waals surface area contributed by atoms with Gasteiger partial charge in [-0.25, -0.2) is 4.79 Å². The normalized spacial score (nSPS) is 12.1. The number of halogens is 5. The maximum Gasteiger partial charge on any atom is 0.422 e. The first-order valence-corrected chi connectivity index (χ1v) is 4.94. The molecule has 0 bridgehead atoms. The van der Waals surface area contributed by atoms with Crippen molar-refractivity contribution in [1.82, 2.24) is 0 Å². The molecule has 0 aromatic heterocycles. The summed E-state index contributed by atoms with van der Waals surface area (Å²) in [4.78, 5) is 10.9. The molecule has 0 spiro atoms. The minimum Gasteiger partial charge on any atom is -0.484 e. The van der Waals surface area contributed by atoms with Crippen LogP contribution in [0.25, 0.3) is 0 Å². The molecule has 0 aliphatic carbocycles. The number of benzene rings is 1. The molecule has 1 rings (SSSR count). The minimum atomic E-state index is -4.67. The first kappa shape index (κ1) is 15.2. The molecule has 0 unspecified atom stereocenters. The van der Waals surface area contributed by atoms with E-state index in [-0.39, 0.29) is 0 Å². The van der Waals surface area contributed by atoms with Crippen LogP contribution < -0.4 is 4.74 Å². The van der Waals surface area contributed by atoms with Crippen LogP contribution in [0.4, 0.5) is 22.0 Å². The Bertz CT molecular complexity index is 456. The van der Waals surface area contributed by atoms with Gasteiger partial charge in [-0.1, -0.05) is 12.1 Å². The van der Waals surface area contributed by atoms with Crippen LogP contribution in [0.3, 0.4) is 0 Å². The van der Waals surface area contributed by atoms with E-state index in [2.05, 4.69) is 9.47 Å². The zero-order valence-electron chi connectivity index (χ0n) is 9.63. The summed E-state index contributed by atoms with van der Waals surface area (Å²) in [6.07, 6.45) is -4.67. The molecule has 0 radical (unpaired) electrons. The fourth-order valence-corrected chi connectivity index (χ4v) is 1.25. The quantitative estimate of drug-likeness (QED) is 0.630. The number of esters is 1. The average Bonchev–Trinajstić information content (AvgIpc) is 2.34. The number of methoxy groups -OCH3 is 1. The molecule has 0 aliphatic heterocycles. The smallest absolute Gasteiger partial charge is 0.422 e. The van der Waals surface area contributed by atoms with Crippen LogP contribution in [0.2, 0.25) is 0 Å². The lowest BCUT2D eigenvalue weighted by molar-refractivity contribution is -0.171. The SMILES string of the molecule is COC(=O)C(F)(F)c1ccccc1OCC(F)(F)F. The Morgan fingerprint density at radius 2 is 1.74 bits per heavy atom. The molecular weight excluding hydrogens is 275 g/mol. The molecule has 19 heavy (non-hydrogen) atoms. The molecule has 0 amide bonds. The van der Waals surface area contributed by atoms with Crippen molar-refractivity contribution in [2.45, 2.75) is 12.1 Å². The second-order valence-electron chi connectivity index (χ2n) is 3.47. The predicted molar refractivity (Wildman–Crippen MR) is 53.9 cm³/mol. The molecule has 0 N–H and O–H groups in total. The Hall–Kier alpha value is -1.86. The lowest BCUT2D eigenvalue weighted by Crippen LogP contribution is -2.28. The number of carbonyl (C=O) groups is 1. The third-order valence-corrected chi connectivity index (χ3v) is 2.06. The van der Waals surface area contributed by atoms with E-state index >= 15 is 0 Å². The molecule has 0 saturated carbocycles. The van der Waals surface area contributed by atoms with Crippen molar-refractivity contribution in [2.75, 3.05) is 13.7 Å². The van der Waals surface area contributed by atoms with E-state index in [1.165, 1.54) is 6.07 Å². The van der Waals surface area contributed by atoms with Crippen LogP contribution >= 0.6 is 0 Å². The van der Waals surface area contributed by atoms with Crippen molar-refractivity contribution in [3.05, 3.63) is 29.8 Å².